The molecule has 0 fully saturated rings. The SMILES string of the molecule is Cc1cc(C)cc(N2C(=O)C(=NNc3ccc(CO)cc3O)c3ccc(C(F)(F)F)cc32)c1. The number of carbonyl (C=O) groups is 1. The van der Waals surface area contributed by atoms with Gasteiger partial charge in [-0.05, 0) is 73.0 Å². The third-order valence-corrected chi connectivity index (χ3v) is 5.22. The predicted molar refractivity (Wildman–Crippen MR) is 119 cm³/mol. The molecule has 4 rings (SSSR count). The van der Waals surface area contributed by atoms with E-state index in [-0.39, 0.29) is 35.0 Å². The molecular formula is C24H20F3N3O3. The van der Waals surface area contributed by atoms with Crippen LogP contribution in [0.25, 0.3) is 0 Å². The maximum absolute atomic E-state index is 13.4. The summed E-state index contributed by atoms with van der Waals surface area (Å²) in [6, 6.07) is 12.7. The van der Waals surface area contributed by atoms with Crippen molar-refractivity contribution in [1.82, 2.24) is 0 Å². The summed E-state index contributed by atoms with van der Waals surface area (Å²) in [6.45, 7) is 3.40. The standard InChI is InChI=1S/C24H20F3N3O3/c1-13-7-14(2)9-17(8-13)30-20-11-16(24(25,26)27)4-5-18(20)22(23(30)33)29-28-19-6-3-15(12-31)10-21(19)32/h3-11,28,31-32H,12H2,1-2H3. The molecule has 1 heterocycles. The summed E-state index contributed by atoms with van der Waals surface area (Å²) in [6.07, 6.45) is -4.58. The molecule has 0 spiro atoms. The molecule has 3 N–H and O–H groups in total. The highest BCUT2D eigenvalue weighted by atomic mass is 19.4. The van der Waals surface area contributed by atoms with Gasteiger partial charge in [-0.1, -0.05) is 12.1 Å². The minimum atomic E-state index is -4.58. The number of carbonyl (C=O) groups excluding carboxylic acids is 1. The fourth-order valence-corrected chi connectivity index (χ4v) is 3.75. The number of amides is 1. The van der Waals surface area contributed by atoms with Crippen LogP contribution in [0.1, 0.15) is 27.8 Å². The molecule has 0 radical (unpaired) electrons. The summed E-state index contributed by atoms with van der Waals surface area (Å²) < 4.78 is 40.2. The molecule has 1 aliphatic rings. The number of nitrogens with zero attached hydrogens (tertiary/aromatic N) is 2. The fraction of sp³-hybridized carbons (Fsp3) is 0.167. The van der Waals surface area contributed by atoms with Gasteiger partial charge in [0, 0.05) is 11.3 Å². The molecule has 0 saturated heterocycles. The van der Waals surface area contributed by atoms with E-state index < -0.39 is 17.6 Å². The Hall–Kier alpha value is -3.85. The number of alkyl halides is 3. The molecule has 3 aromatic rings. The highest BCUT2D eigenvalue weighted by Gasteiger charge is 2.39. The number of aryl methyl sites for hydroxylation is 2. The van der Waals surface area contributed by atoms with Crippen LogP contribution < -0.4 is 10.3 Å². The maximum atomic E-state index is 13.4. The lowest BCUT2D eigenvalue weighted by Crippen LogP contribution is -2.26. The van der Waals surface area contributed by atoms with E-state index in [1.165, 1.54) is 23.1 Å². The summed E-state index contributed by atoms with van der Waals surface area (Å²) in [7, 11) is 0. The molecule has 0 aliphatic carbocycles. The molecule has 3 aromatic carbocycles. The summed E-state index contributed by atoms with van der Waals surface area (Å²) in [5, 5.41) is 23.4. The number of aliphatic hydroxyl groups is 1. The minimum Gasteiger partial charge on any atom is -0.506 e. The van der Waals surface area contributed by atoms with Crippen LogP contribution in [0.5, 0.6) is 5.75 Å². The Morgan fingerprint density at radius 3 is 2.30 bits per heavy atom. The molecule has 1 aliphatic heterocycles. The smallest absolute Gasteiger partial charge is 0.416 e. The molecule has 1 amide bonds. The number of hydrogen-bond donors (Lipinski definition) is 3. The molecule has 170 valence electrons. The van der Waals surface area contributed by atoms with E-state index in [1.807, 2.05) is 19.9 Å². The molecule has 6 nitrogen and oxygen atoms in total. The van der Waals surface area contributed by atoms with Crippen molar-refractivity contribution in [2.75, 3.05) is 10.3 Å². The number of aromatic hydroxyl groups is 1. The number of hydrogen-bond acceptors (Lipinski definition) is 5. The van der Waals surface area contributed by atoms with E-state index in [4.69, 9.17) is 5.11 Å². The molecular weight excluding hydrogens is 435 g/mol. The minimum absolute atomic E-state index is 0.0697. The van der Waals surface area contributed by atoms with Gasteiger partial charge in [-0.3, -0.25) is 15.1 Å². The number of nitrogens with one attached hydrogen (secondary N) is 1. The third kappa shape index (κ3) is 4.27. The Bertz CT molecular complexity index is 1270. The van der Waals surface area contributed by atoms with Gasteiger partial charge in [0.15, 0.2) is 5.71 Å². The van der Waals surface area contributed by atoms with Gasteiger partial charge >= 0.3 is 6.18 Å². The van der Waals surface area contributed by atoms with E-state index in [9.17, 15) is 23.1 Å². The van der Waals surface area contributed by atoms with E-state index in [0.717, 1.165) is 23.3 Å². The molecule has 0 unspecified atom stereocenters. The monoisotopic (exact) mass is 455 g/mol. The van der Waals surface area contributed by atoms with Crippen molar-refractivity contribution in [3.63, 3.8) is 0 Å². The average Bonchev–Trinajstić information content (AvgIpc) is 3.02. The van der Waals surface area contributed by atoms with Crippen LogP contribution >= 0.6 is 0 Å². The first-order chi connectivity index (χ1) is 15.6. The first kappa shape index (κ1) is 22.3. The van der Waals surface area contributed by atoms with E-state index >= 15 is 0 Å². The maximum Gasteiger partial charge on any atom is 0.416 e. The second-order valence-corrected chi connectivity index (χ2v) is 7.80. The molecule has 33 heavy (non-hydrogen) atoms. The zero-order chi connectivity index (χ0) is 23.9. The molecule has 0 atom stereocenters. The second kappa shape index (κ2) is 8.25. The lowest BCUT2D eigenvalue weighted by atomic mass is 10.1. The summed E-state index contributed by atoms with van der Waals surface area (Å²) in [5.41, 5.74) is 4.71. The average molecular weight is 455 g/mol. The summed E-state index contributed by atoms with van der Waals surface area (Å²) in [5.74, 6) is -0.802. The highest BCUT2D eigenvalue weighted by molar-refractivity contribution is 6.55. The van der Waals surface area contributed by atoms with Crippen LogP contribution in [0.3, 0.4) is 0 Å². The van der Waals surface area contributed by atoms with Crippen LogP contribution in [0, 0.1) is 13.8 Å². The number of halogens is 3. The molecule has 9 heteroatoms. The van der Waals surface area contributed by atoms with Gasteiger partial charge in [0.1, 0.15) is 5.75 Å². The third-order valence-electron chi connectivity index (χ3n) is 5.22. The van der Waals surface area contributed by atoms with Crippen LogP contribution in [0.15, 0.2) is 59.7 Å². The largest absolute Gasteiger partial charge is 0.506 e. The molecule has 0 bridgehead atoms. The molecule has 0 saturated carbocycles. The number of aliphatic hydroxyl groups excluding tert-OH is 1. The number of phenols is 1. The topological polar surface area (TPSA) is 85.2 Å². The van der Waals surface area contributed by atoms with Crippen molar-refractivity contribution >= 4 is 28.7 Å². The Kier molecular flexibility index (Phi) is 5.59. The molecule has 0 aromatic heterocycles. The van der Waals surface area contributed by atoms with Crippen molar-refractivity contribution in [2.24, 2.45) is 5.10 Å². The zero-order valence-corrected chi connectivity index (χ0v) is 17.7. The van der Waals surface area contributed by atoms with Crippen LogP contribution in [0.2, 0.25) is 0 Å². The van der Waals surface area contributed by atoms with Gasteiger partial charge in [-0.2, -0.15) is 18.3 Å². The van der Waals surface area contributed by atoms with Crippen molar-refractivity contribution in [1.29, 1.82) is 0 Å². The normalized spacial score (nSPS) is 14.7. The Morgan fingerprint density at radius 2 is 1.70 bits per heavy atom. The van der Waals surface area contributed by atoms with Gasteiger partial charge in [0.2, 0.25) is 0 Å². The quantitative estimate of drug-likeness (QED) is 0.381. The van der Waals surface area contributed by atoms with Gasteiger partial charge < -0.3 is 10.2 Å². The van der Waals surface area contributed by atoms with Crippen LogP contribution in [-0.4, -0.2) is 21.8 Å². The second-order valence-electron chi connectivity index (χ2n) is 7.80. The van der Waals surface area contributed by atoms with Crippen molar-refractivity contribution in [3.8, 4) is 5.75 Å². The number of fused-ring (bicyclic) bond motifs is 1. The van der Waals surface area contributed by atoms with Crippen molar-refractivity contribution in [2.45, 2.75) is 26.6 Å². The van der Waals surface area contributed by atoms with Crippen molar-refractivity contribution < 1.29 is 28.2 Å². The lowest BCUT2D eigenvalue weighted by Gasteiger charge is -2.19. The summed E-state index contributed by atoms with van der Waals surface area (Å²) in [4.78, 5) is 14.5. The van der Waals surface area contributed by atoms with Crippen molar-refractivity contribution in [3.05, 3.63) is 82.4 Å². The number of phenolic OH excluding ortho intramolecular Hbond substituents is 1. The van der Waals surface area contributed by atoms with E-state index in [2.05, 4.69) is 10.5 Å². The highest BCUT2D eigenvalue weighted by Crippen LogP contribution is 2.40. The van der Waals surface area contributed by atoms with E-state index in [1.54, 1.807) is 18.2 Å². The van der Waals surface area contributed by atoms with Gasteiger partial charge in [-0.25, -0.2) is 0 Å². The Labute approximate surface area is 187 Å². The Balaban J connectivity index is 1.82. The predicted octanol–water partition coefficient (Wildman–Crippen LogP) is 5.01. The fourth-order valence-electron chi connectivity index (χ4n) is 3.75. The first-order valence-corrected chi connectivity index (χ1v) is 9.99. The number of anilines is 3. The van der Waals surface area contributed by atoms with E-state index in [0.29, 0.717) is 11.3 Å². The number of benzene rings is 3. The summed E-state index contributed by atoms with van der Waals surface area (Å²) >= 11 is 0. The Morgan fingerprint density at radius 1 is 1.00 bits per heavy atom. The number of hydrazone groups is 1. The van der Waals surface area contributed by atoms with Gasteiger partial charge in [-0.15, -0.1) is 0 Å². The number of rotatable bonds is 4. The van der Waals surface area contributed by atoms with Crippen LogP contribution in [-0.2, 0) is 17.6 Å². The lowest BCUT2D eigenvalue weighted by molar-refractivity contribution is -0.137. The van der Waals surface area contributed by atoms with Crippen LogP contribution in [0.4, 0.5) is 30.2 Å². The zero-order valence-electron chi connectivity index (χ0n) is 17.7. The first-order valence-electron chi connectivity index (χ1n) is 9.99. The van der Waals surface area contributed by atoms with Gasteiger partial charge in [0.05, 0.1) is 23.5 Å². The van der Waals surface area contributed by atoms with Gasteiger partial charge in [0.25, 0.3) is 5.91 Å².